The summed E-state index contributed by atoms with van der Waals surface area (Å²) in [5.41, 5.74) is 7.71. The summed E-state index contributed by atoms with van der Waals surface area (Å²) in [6, 6.07) is 10.3. The lowest BCUT2D eigenvalue weighted by Gasteiger charge is -2.30. The van der Waals surface area contributed by atoms with Crippen LogP contribution >= 0.6 is 11.3 Å². The molecule has 1 fully saturated rings. The van der Waals surface area contributed by atoms with E-state index in [0.29, 0.717) is 12.2 Å². The molecule has 1 atom stereocenters. The number of amides is 1. The molecule has 1 amide bonds. The average molecular weight is 301 g/mol. The molecule has 2 N–H and O–H groups in total. The van der Waals surface area contributed by atoms with Crippen molar-refractivity contribution in [3.05, 3.63) is 52.0 Å². The number of hydrogen-bond donors (Lipinski definition) is 1. The van der Waals surface area contributed by atoms with Gasteiger partial charge in [0.05, 0.1) is 5.01 Å². The number of carbonyl (C=O) groups is 1. The van der Waals surface area contributed by atoms with Crippen molar-refractivity contribution in [1.29, 1.82) is 0 Å². The highest BCUT2D eigenvalue weighted by Crippen LogP contribution is 2.18. The second-order valence-electron chi connectivity index (χ2n) is 5.44. The number of piperidine rings is 1. The van der Waals surface area contributed by atoms with Gasteiger partial charge in [-0.2, -0.15) is 0 Å². The molecule has 1 saturated heterocycles. The summed E-state index contributed by atoms with van der Waals surface area (Å²) in [6.07, 6.45) is 2.76. The molecule has 1 aromatic heterocycles. The zero-order valence-electron chi connectivity index (χ0n) is 11.9. The monoisotopic (exact) mass is 301 g/mol. The Morgan fingerprint density at radius 3 is 2.95 bits per heavy atom. The Morgan fingerprint density at radius 1 is 1.38 bits per heavy atom. The molecular weight excluding hydrogens is 282 g/mol. The van der Waals surface area contributed by atoms with Crippen LogP contribution in [0.3, 0.4) is 0 Å². The van der Waals surface area contributed by atoms with Gasteiger partial charge in [-0.1, -0.05) is 30.3 Å². The molecule has 21 heavy (non-hydrogen) atoms. The molecule has 0 radical (unpaired) electrons. The van der Waals surface area contributed by atoms with E-state index < -0.39 is 0 Å². The third-order valence-electron chi connectivity index (χ3n) is 3.71. The van der Waals surface area contributed by atoms with Gasteiger partial charge in [0.1, 0.15) is 5.69 Å². The number of carbonyl (C=O) groups excluding carboxylic acids is 1. The molecule has 1 aliphatic heterocycles. The zero-order chi connectivity index (χ0) is 14.7. The summed E-state index contributed by atoms with van der Waals surface area (Å²) in [5, 5.41) is 2.84. The van der Waals surface area contributed by atoms with Crippen LogP contribution in [0.2, 0.25) is 0 Å². The molecule has 110 valence electrons. The SMILES string of the molecule is NC1CCCN(C(=O)c2csc(Cc3ccccc3)n2)C1. The van der Waals surface area contributed by atoms with E-state index in [1.165, 1.54) is 5.56 Å². The molecule has 3 rings (SSSR count). The Kier molecular flexibility index (Phi) is 4.31. The van der Waals surface area contributed by atoms with Crippen molar-refractivity contribution in [2.24, 2.45) is 5.73 Å². The Bertz CT molecular complexity index is 611. The van der Waals surface area contributed by atoms with Gasteiger partial charge in [0.25, 0.3) is 5.91 Å². The van der Waals surface area contributed by atoms with Crippen molar-refractivity contribution in [1.82, 2.24) is 9.88 Å². The highest BCUT2D eigenvalue weighted by molar-refractivity contribution is 7.09. The molecule has 1 aromatic carbocycles. The molecule has 1 unspecified atom stereocenters. The van der Waals surface area contributed by atoms with Crippen LogP contribution in [-0.2, 0) is 6.42 Å². The molecule has 0 saturated carbocycles. The Morgan fingerprint density at radius 2 is 2.19 bits per heavy atom. The van der Waals surface area contributed by atoms with Gasteiger partial charge in [-0.15, -0.1) is 11.3 Å². The number of nitrogens with two attached hydrogens (primary N) is 1. The molecule has 0 aliphatic carbocycles. The zero-order valence-corrected chi connectivity index (χ0v) is 12.7. The topological polar surface area (TPSA) is 59.2 Å². The molecule has 0 bridgehead atoms. The fraction of sp³-hybridized carbons (Fsp3) is 0.375. The van der Waals surface area contributed by atoms with E-state index in [1.54, 1.807) is 11.3 Å². The predicted molar refractivity (Wildman–Crippen MR) is 84.5 cm³/mol. The number of hydrogen-bond acceptors (Lipinski definition) is 4. The van der Waals surface area contributed by atoms with Crippen molar-refractivity contribution in [2.75, 3.05) is 13.1 Å². The van der Waals surface area contributed by atoms with Crippen molar-refractivity contribution in [3.63, 3.8) is 0 Å². The lowest BCUT2D eigenvalue weighted by Crippen LogP contribution is -2.45. The maximum atomic E-state index is 12.4. The van der Waals surface area contributed by atoms with E-state index in [2.05, 4.69) is 17.1 Å². The summed E-state index contributed by atoms with van der Waals surface area (Å²) in [6.45, 7) is 1.43. The summed E-state index contributed by atoms with van der Waals surface area (Å²) in [7, 11) is 0. The largest absolute Gasteiger partial charge is 0.336 e. The van der Waals surface area contributed by atoms with E-state index in [9.17, 15) is 4.79 Å². The fourth-order valence-electron chi connectivity index (χ4n) is 2.62. The fourth-order valence-corrected chi connectivity index (χ4v) is 3.42. The second kappa shape index (κ2) is 6.37. The Hall–Kier alpha value is -1.72. The van der Waals surface area contributed by atoms with E-state index in [-0.39, 0.29) is 11.9 Å². The third kappa shape index (κ3) is 3.49. The molecule has 0 spiro atoms. The first kappa shape index (κ1) is 14.2. The minimum atomic E-state index is 0.0145. The molecule has 1 aliphatic rings. The van der Waals surface area contributed by atoms with Crippen molar-refractivity contribution >= 4 is 17.2 Å². The quantitative estimate of drug-likeness (QED) is 0.946. The molecule has 2 aromatic rings. The second-order valence-corrected chi connectivity index (χ2v) is 6.38. The van der Waals surface area contributed by atoms with Crippen molar-refractivity contribution in [2.45, 2.75) is 25.3 Å². The van der Waals surface area contributed by atoms with Crippen molar-refractivity contribution in [3.8, 4) is 0 Å². The highest BCUT2D eigenvalue weighted by Gasteiger charge is 2.23. The highest BCUT2D eigenvalue weighted by atomic mass is 32.1. The van der Waals surface area contributed by atoms with Gasteiger partial charge in [-0.25, -0.2) is 4.98 Å². The first-order chi connectivity index (χ1) is 10.2. The van der Waals surface area contributed by atoms with Crippen LogP contribution in [0.5, 0.6) is 0 Å². The third-order valence-corrected chi connectivity index (χ3v) is 4.56. The van der Waals surface area contributed by atoms with Crippen LogP contribution in [0.25, 0.3) is 0 Å². The van der Waals surface area contributed by atoms with Crippen LogP contribution in [-0.4, -0.2) is 34.9 Å². The van der Waals surface area contributed by atoms with Gasteiger partial charge in [0.2, 0.25) is 0 Å². The van der Waals surface area contributed by atoms with Gasteiger partial charge in [0, 0.05) is 30.9 Å². The number of nitrogens with zero attached hydrogens (tertiary/aromatic N) is 2. The molecule has 4 nitrogen and oxygen atoms in total. The van der Waals surface area contributed by atoms with Crippen molar-refractivity contribution < 1.29 is 4.79 Å². The van der Waals surface area contributed by atoms with Crippen LogP contribution in [0.4, 0.5) is 0 Å². The van der Waals surface area contributed by atoms with E-state index >= 15 is 0 Å². The number of benzene rings is 1. The van der Waals surface area contributed by atoms with Crippen LogP contribution in [0.1, 0.15) is 33.9 Å². The lowest BCUT2D eigenvalue weighted by atomic mass is 10.1. The standard InChI is InChI=1S/C16H19N3OS/c17-13-7-4-8-19(10-13)16(20)14-11-21-15(18-14)9-12-5-2-1-3-6-12/h1-3,5-6,11,13H,4,7-10,17H2. The molecular formula is C16H19N3OS. The minimum absolute atomic E-state index is 0.0145. The number of aromatic nitrogens is 1. The van der Waals surface area contributed by atoms with E-state index in [4.69, 9.17) is 5.73 Å². The average Bonchev–Trinajstić information content (AvgIpc) is 2.96. The maximum Gasteiger partial charge on any atom is 0.273 e. The predicted octanol–water partition coefficient (Wildman–Crippen LogP) is 2.30. The van der Waals surface area contributed by atoms with Gasteiger partial charge in [-0.05, 0) is 18.4 Å². The van der Waals surface area contributed by atoms with Gasteiger partial charge in [-0.3, -0.25) is 4.79 Å². The van der Waals surface area contributed by atoms with Crippen LogP contribution in [0.15, 0.2) is 35.7 Å². The van der Waals surface area contributed by atoms with Gasteiger partial charge < -0.3 is 10.6 Å². The van der Waals surface area contributed by atoms with Crippen LogP contribution in [0, 0.1) is 0 Å². The Balaban J connectivity index is 1.68. The summed E-state index contributed by atoms with van der Waals surface area (Å²) in [5.74, 6) is 0.0145. The first-order valence-corrected chi connectivity index (χ1v) is 8.13. The maximum absolute atomic E-state index is 12.4. The molecule has 5 heteroatoms. The Labute approximate surface area is 128 Å². The number of thiazole rings is 1. The lowest BCUT2D eigenvalue weighted by molar-refractivity contribution is 0.0703. The smallest absolute Gasteiger partial charge is 0.273 e. The summed E-state index contributed by atoms with van der Waals surface area (Å²) in [4.78, 5) is 18.7. The van der Waals surface area contributed by atoms with Gasteiger partial charge in [0.15, 0.2) is 0 Å². The minimum Gasteiger partial charge on any atom is -0.336 e. The number of rotatable bonds is 3. The van der Waals surface area contributed by atoms with Crippen LogP contribution < -0.4 is 5.73 Å². The first-order valence-electron chi connectivity index (χ1n) is 7.25. The van der Waals surface area contributed by atoms with Gasteiger partial charge >= 0.3 is 0 Å². The normalized spacial score (nSPS) is 18.7. The summed E-state index contributed by atoms with van der Waals surface area (Å²) >= 11 is 1.55. The van der Waals surface area contributed by atoms with E-state index in [1.807, 2.05) is 28.5 Å². The van der Waals surface area contributed by atoms with E-state index in [0.717, 1.165) is 30.8 Å². The summed E-state index contributed by atoms with van der Waals surface area (Å²) < 4.78 is 0. The molecule has 2 heterocycles. The number of likely N-dealkylation sites (tertiary alicyclic amines) is 1.